The Hall–Kier alpha value is -4.77. The number of methoxy groups -OCH3 is 1. The Balaban J connectivity index is 0.000000331. The smallest absolute Gasteiger partial charge is 0.490 e. The summed E-state index contributed by atoms with van der Waals surface area (Å²) in [5.41, 5.74) is 5.39. The number of nitrogens with zero attached hydrogens (tertiary/aromatic N) is 6. The van der Waals surface area contributed by atoms with Gasteiger partial charge in [-0.25, -0.2) is 14.1 Å². The molecule has 0 saturated carbocycles. The van der Waals surface area contributed by atoms with Crippen molar-refractivity contribution in [1.82, 2.24) is 29.6 Å². The number of alkyl halides is 6. The zero-order valence-corrected chi connectivity index (χ0v) is 23.8. The minimum atomic E-state index is -5.08. The van der Waals surface area contributed by atoms with Crippen LogP contribution in [0.4, 0.5) is 26.3 Å². The Bertz CT molecular complexity index is 1560. The van der Waals surface area contributed by atoms with Gasteiger partial charge in [-0.15, -0.1) is 5.10 Å². The number of piperazine rings is 1. The van der Waals surface area contributed by atoms with Gasteiger partial charge < -0.3 is 14.9 Å². The molecule has 0 amide bonds. The van der Waals surface area contributed by atoms with Crippen LogP contribution in [0, 0.1) is 0 Å². The minimum absolute atomic E-state index is 0.194. The van der Waals surface area contributed by atoms with Crippen LogP contribution < -0.4 is 4.74 Å². The largest absolute Gasteiger partial charge is 0.496 e. The molecule has 0 bridgehead atoms. The molecule has 11 nitrogen and oxygen atoms in total. The van der Waals surface area contributed by atoms with Crippen LogP contribution in [-0.2, 0) is 16.1 Å². The number of para-hydroxylation sites is 1. The van der Waals surface area contributed by atoms with E-state index in [0.717, 1.165) is 54.3 Å². The monoisotopic (exact) mass is 642 g/mol. The van der Waals surface area contributed by atoms with Gasteiger partial charge in [0.05, 0.1) is 18.7 Å². The summed E-state index contributed by atoms with van der Waals surface area (Å²) < 4.78 is 70.9. The minimum Gasteiger partial charge on any atom is -0.496 e. The lowest BCUT2D eigenvalue weighted by molar-refractivity contribution is -0.193. The van der Waals surface area contributed by atoms with Gasteiger partial charge in [-0.3, -0.25) is 14.8 Å². The van der Waals surface area contributed by atoms with E-state index < -0.39 is 24.3 Å². The fourth-order valence-electron chi connectivity index (χ4n) is 4.31. The molecule has 1 aliphatic rings. The van der Waals surface area contributed by atoms with Crippen LogP contribution in [0.5, 0.6) is 5.75 Å². The van der Waals surface area contributed by atoms with Crippen molar-refractivity contribution in [2.75, 3.05) is 33.8 Å². The number of carboxylic acid groups (broad SMARTS) is 2. The summed E-state index contributed by atoms with van der Waals surface area (Å²) in [6.07, 6.45) is -4.38. The Labute approximate surface area is 252 Å². The fraction of sp³-hybridized carbons (Fsp3) is 0.321. The van der Waals surface area contributed by atoms with Gasteiger partial charge in [-0.1, -0.05) is 35.5 Å². The van der Waals surface area contributed by atoms with Crippen molar-refractivity contribution in [3.8, 4) is 16.9 Å². The molecule has 1 aliphatic heterocycles. The maximum absolute atomic E-state index is 10.6. The van der Waals surface area contributed by atoms with E-state index in [9.17, 15) is 26.3 Å². The van der Waals surface area contributed by atoms with Gasteiger partial charge >= 0.3 is 24.3 Å². The van der Waals surface area contributed by atoms with Crippen LogP contribution in [0.1, 0.15) is 17.3 Å². The van der Waals surface area contributed by atoms with E-state index >= 15 is 0 Å². The highest BCUT2D eigenvalue weighted by Crippen LogP contribution is 2.32. The first kappa shape index (κ1) is 34.7. The van der Waals surface area contributed by atoms with E-state index in [1.165, 1.54) is 5.56 Å². The van der Waals surface area contributed by atoms with E-state index in [0.29, 0.717) is 0 Å². The first-order chi connectivity index (χ1) is 21.1. The van der Waals surface area contributed by atoms with E-state index in [1.807, 2.05) is 47.4 Å². The van der Waals surface area contributed by atoms with Gasteiger partial charge in [0.15, 0.2) is 0 Å². The Morgan fingerprint density at radius 1 is 0.956 bits per heavy atom. The van der Waals surface area contributed by atoms with Crippen LogP contribution in [0.25, 0.3) is 16.6 Å². The maximum Gasteiger partial charge on any atom is 0.490 e. The van der Waals surface area contributed by atoms with Gasteiger partial charge in [-0.2, -0.15) is 26.3 Å². The molecule has 2 N–H and O–H groups in total. The summed E-state index contributed by atoms with van der Waals surface area (Å²) in [4.78, 5) is 26.9. The Morgan fingerprint density at radius 2 is 1.60 bits per heavy atom. The highest BCUT2D eigenvalue weighted by Gasteiger charge is 2.39. The first-order valence-corrected chi connectivity index (χ1v) is 13.0. The fourth-order valence-corrected chi connectivity index (χ4v) is 4.31. The van der Waals surface area contributed by atoms with E-state index in [-0.39, 0.29) is 6.04 Å². The number of fused-ring (bicyclic) bond motifs is 1. The average molecular weight is 643 g/mol. The molecule has 1 fully saturated rings. The predicted octanol–water partition coefficient (Wildman–Crippen LogP) is 4.56. The lowest BCUT2D eigenvalue weighted by atomic mass is 10.0. The van der Waals surface area contributed by atoms with Crippen LogP contribution in [-0.4, -0.2) is 97.9 Å². The number of aromatic nitrogens is 4. The van der Waals surface area contributed by atoms with Gasteiger partial charge in [0.25, 0.3) is 0 Å². The Kier molecular flexibility index (Phi) is 11.4. The molecule has 45 heavy (non-hydrogen) atoms. The van der Waals surface area contributed by atoms with Crippen molar-refractivity contribution >= 4 is 17.5 Å². The summed E-state index contributed by atoms with van der Waals surface area (Å²) in [6.45, 7) is 3.83. The van der Waals surface area contributed by atoms with E-state index in [1.54, 1.807) is 7.11 Å². The van der Waals surface area contributed by atoms with Crippen LogP contribution >= 0.6 is 0 Å². The van der Waals surface area contributed by atoms with Crippen LogP contribution in [0.2, 0.25) is 0 Å². The summed E-state index contributed by atoms with van der Waals surface area (Å²) in [7, 11) is 3.86. The average Bonchev–Trinajstić information content (AvgIpc) is 3.41. The second-order valence-corrected chi connectivity index (χ2v) is 9.62. The van der Waals surface area contributed by atoms with E-state index in [4.69, 9.17) is 24.5 Å². The van der Waals surface area contributed by atoms with Crippen molar-refractivity contribution in [3.63, 3.8) is 0 Å². The predicted molar refractivity (Wildman–Crippen MR) is 147 cm³/mol. The molecule has 4 heterocycles. The summed E-state index contributed by atoms with van der Waals surface area (Å²) in [6, 6.07) is 16.6. The lowest BCUT2D eigenvalue weighted by Gasteiger charge is -2.38. The molecule has 0 spiro atoms. The first-order valence-electron chi connectivity index (χ1n) is 13.0. The Morgan fingerprint density at radius 3 is 2.18 bits per heavy atom. The third-order valence-electron chi connectivity index (χ3n) is 6.52. The summed E-state index contributed by atoms with van der Waals surface area (Å²) in [5.74, 6) is -4.67. The molecule has 17 heteroatoms. The molecule has 1 aromatic carbocycles. The normalized spacial score (nSPS) is 15.8. The van der Waals surface area contributed by atoms with Gasteiger partial charge in [0.2, 0.25) is 0 Å². The third-order valence-corrected chi connectivity index (χ3v) is 6.52. The molecule has 1 atom stereocenters. The zero-order chi connectivity index (χ0) is 33.4. The number of halogens is 6. The lowest BCUT2D eigenvalue weighted by Crippen LogP contribution is -2.46. The SMILES string of the molecule is COc1ccccc1-c1ccc2c(C3CN(Cc4cccnc4)CCN3C)nnn2c1.O=C(O)C(F)(F)F.O=C(O)C(F)(F)F. The molecule has 5 rings (SSSR count). The number of ether oxygens (including phenoxy) is 1. The van der Waals surface area contributed by atoms with Crippen molar-refractivity contribution in [1.29, 1.82) is 0 Å². The molecule has 3 aromatic heterocycles. The topological polar surface area (TPSA) is 133 Å². The van der Waals surface area contributed by atoms with Crippen LogP contribution in [0.3, 0.4) is 0 Å². The summed E-state index contributed by atoms with van der Waals surface area (Å²) >= 11 is 0. The van der Waals surface area contributed by atoms with Crippen molar-refractivity contribution in [2.24, 2.45) is 0 Å². The third kappa shape index (κ3) is 9.61. The molecule has 1 saturated heterocycles. The zero-order valence-electron chi connectivity index (χ0n) is 23.8. The number of benzene rings is 1. The van der Waals surface area contributed by atoms with Crippen molar-refractivity contribution in [3.05, 3.63) is 78.4 Å². The van der Waals surface area contributed by atoms with E-state index in [2.05, 4.69) is 56.4 Å². The van der Waals surface area contributed by atoms with Gasteiger partial charge in [0, 0.05) is 55.9 Å². The second-order valence-electron chi connectivity index (χ2n) is 9.62. The number of likely N-dealkylation sites (N-methyl/N-ethyl adjacent to an activating group) is 1. The number of carbonyl (C=O) groups is 2. The van der Waals surface area contributed by atoms with Gasteiger partial charge in [0.1, 0.15) is 11.4 Å². The van der Waals surface area contributed by atoms with Crippen molar-refractivity contribution in [2.45, 2.75) is 24.9 Å². The molecular formula is C28H28F6N6O5. The number of aliphatic carboxylic acids is 2. The number of hydrogen-bond acceptors (Lipinski definition) is 8. The highest BCUT2D eigenvalue weighted by molar-refractivity contribution is 5.73. The van der Waals surface area contributed by atoms with Crippen molar-refractivity contribution < 1.29 is 50.9 Å². The van der Waals surface area contributed by atoms with Crippen LogP contribution in [0.15, 0.2) is 67.1 Å². The molecule has 0 radical (unpaired) electrons. The molecule has 1 unspecified atom stereocenters. The quantitative estimate of drug-likeness (QED) is 0.299. The molecular weight excluding hydrogens is 614 g/mol. The summed E-state index contributed by atoms with van der Waals surface area (Å²) in [5, 5.41) is 23.3. The number of carboxylic acids is 2. The molecule has 0 aliphatic carbocycles. The second kappa shape index (κ2) is 14.8. The standard InChI is InChI=1S/C24H26N6O.2C2HF3O2/c1-28-12-13-29(15-18-6-5-11-25-14-18)17-22(28)24-21-10-9-19(16-30(21)27-26-24)20-7-3-4-8-23(20)31-2;2*3-2(4,5)1(6)7/h3-11,14,16,22H,12-13,15,17H2,1-2H3;2*(H,6,7). The number of hydrogen-bond donors (Lipinski definition) is 2. The molecule has 4 aromatic rings. The highest BCUT2D eigenvalue weighted by atomic mass is 19.4. The number of rotatable bonds is 5. The maximum atomic E-state index is 10.6. The number of pyridine rings is 2. The van der Waals surface area contributed by atoms with Gasteiger partial charge in [-0.05, 0) is 30.8 Å². The molecule has 242 valence electrons.